The molecule has 1 saturated heterocycles. The number of amides is 1. The van der Waals surface area contributed by atoms with Crippen molar-refractivity contribution < 1.29 is 4.79 Å². The van der Waals surface area contributed by atoms with Crippen molar-refractivity contribution in [1.29, 1.82) is 0 Å². The lowest BCUT2D eigenvalue weighted by atomic mass is 10.1. The van der Waals surface area contributed by atoms with Crippen LogP contribution in [0, 0.1) is 4.77 Å². The molecule has 1 aromatic heterocycles. The van der Waals surface area contributed by atoms with Gasteiger partial charge in [0, 0.05) is 25.7 Å². The maximum atomic E-state index is 12.7. The molecule has 0 unspecified atom stereocenters. The van der Waals surface area contributed by atoms with Crippen molar-refractivity contribution in [3.8, 4) is 0 Å². The minimum absolute atomic E-state index is 0.0359. The van der Waals surface area contributed by atoms with E-state index in [1.54, 1.807) is 25.2 Å². The number of carbonyl (C=O) groups is 1. The number of nitrogens with one attached hydrogen (secondary N) is 1. The minimum Gasteiger partial charge on any atom is -0.339 e. The summed E-state index contributed by atoms with van der Waals surface area (Å²) in [4.78, 5) is 29.9. The van der Waals surface area contributed by atoms with Crippen molar-refractivity contribution in [2.75, 3.05) is 13.1 Å². The molecular formula is C17H21N3O2S. The van der Waals surface area contributed by atoms with Gasteiger partial charge < -0.3 is 9.88 Å². The second-order valence-electron chi connectivity index (χ2n) is 6.11. The van der Waals surface area contributed by atoms with Gasteiger partial charge in [0.1, 0.15) is 0 Å². The van der Waals surface area contributed by atoms with Crippen molar-refractivity contribution in [3.05, 3.63) is 38.9 Å². The highest BCUT2D eigenvalue weighted by atomic mass is 32.1. The van der Waals surface area contributed by atoms with Crippen LogP contribution < -0.4 is 5.56 Å². The van der Waals surface area contributed by atoms with Crippen LogP contribution in [0.5, 0.6) is 0 Å². The lowest BCUT2D eigenvalue weighted by Gasteiger charge is -2.25. The molecule has 0 atom stereocenters. The van der Waals surface area contributed by atoms with Gasteiger partial charge >= 0.3 is 0 Å². The second kappa shape index (κ2) is 6.66. The quantitative estimate of drug-likeness (QED) is 0.817. The van der Waals surface area contributed by atoms with E-state index >= 15 is 0 Å². The number of benzene rings is 1. The lowest BCUT2D eigenvalue weighted by molar-refractivity contribution is 0.0742. The molecule has 23 heavy (non-hydrogen) atoms. The number of fused-ring (bicyclic) bond motifs is 1. The third-order valence-electron chi connectivity index (χ3n) is 4.49. The van der Waals surface area contributed by atoms with Crippen LogP contribution in [0.1, 0.15) is 42.5 Å². The number of hydrogen-bond acceptors (Lipinski definition) is 3. The second-order valence-corrected chi connectivity index (χ2v) is 6.50. The molecule has 0 aliphatic carbocycles. The van der Waals surface area contributed by atoms with E-state index in [1.165, 1.54) is 23.8 Å². The molecule has 1 N–H and O–H groups in total. The molecular weight excluding hydrogens is 310 g/mol. The van der Waals surface area contributed by atoms with Gasteiger partial charge in [0.25, 0.3) is 11.5 Å². The predicted molar refractivity (Wildman–Crippen MR) is 93.4 cm³/mol. The molecule has 0 saturated carbocycles. The van der Waals surface area contributed by atoms with Crippen molar-refractivity contribution >= 4 is 29.0 Å². The summed E-state index contributed by atoms with van der Waals surface area (Å²) in [5.41, 5.74) is 1.09. The smallest absolute Gasteiger partial charge is 0.261 e. The van der Waals surface area contributed by atoms with E-state index in [4.69, 9.17) is 12.2 Å². The first-order chi connectivity index (χ1) is 11.1. The van der Waals surface area contributed by atoms with Gasteiger partial charge in [0.05, 0.1) is 10.9 Å². The Balaban J connectivity index is 1.96. The van der Waals surface area contributed by atoms with Gasteiger partial charge in [-0.2, -0.15) is 0 Å². The van der Waals surface area contributed by atoms with Gasteiger partial charge in [-0.15, -0.1) is 0 Å². The Hall–Kier alpha value is -1.95. The van der Waals surface area contributed by atoms with Gasteiger partial charge in [-0.3, -0.25) is 14.2 Å². The van der Waals surface area contributed by atoms with Crippen LogP contribution in [0.15, 0.2) is 23.0 Å². The molecule has 0 spiro atoms. The van der Waals surface area contributed by atoms with Crippen molar-refractivity contribution in [2.24, 2.45) is 7.05 Å². The Labute approximate surface area is 139 Å². The van der Waals surface area contributed by atoms with E-state index in [0.717, 1.165) is 25.9 Å². The zero-order chi connectivity index (χ0) is 16.4. The van der Waals surface area contributed by atoms with E-state index in [-0.39, 0.29) is 11.5 Å². The average Bonchev–Trinajstić information content (AvgIpc) is 2.51. The molecule has 5 nitrogen and oxygen atoms in total. The summed E-state index contributed by atoms with van der Waals surface area (Å²) in [6.45, 7) is 1.62. The van der Waals surface area contributed by atoms with Crippen LogP contribution in [0.2, 0.25) is 0 Å². The summed E-state index contributed by atoms with van der Waals surface area (Å²) in [6, 6.07) is 5.19. The summed E-state index contributed by atoms with van der Waals surface area (Å²) in [5.74, 6) is 0.0359. The van der Waals surface area contributed by atoms with Gasteiger partial charge in [-0.1, -0.05) is 19.3 Å². The number of aromatic nitrogens is 2. The van der Waals surface area contributed by atoms with Gasteiger partial charge in [-0.05, 0) is 43.3 Å². The van der Waals surface area contributed by atoms with Crippen LogP contribution in [0.4, 0.5) is 0 Å². The van der Waals surface area contributed by atoms with Crippen LogP contribution >= 0.6 is 12.2 Å². The normalized spacial score (nSPS) is 16.1. The molecule has 1 aliphatic rings. The van der Waals surface area contributed by atoms with Crippen molar-refractivity contribution in [3.63, 3.8) is 0 Å². The third-order valence-corrected chi connectivity index (χ3v) is 4.87. The highest BCUT2D eigenvalue weighted by Gasteiger charge is 2.17. The number of rotatable bonds is 1. The summed E-state index contributed by atoms with van der Waals surface area (Å²) >= 11 is 5.15. The maximum Gasteiger partial charge on any atom is 0.261 e. The van der Waals surface area contributed by atoms with E-state index in [1.807, 2.05) is 4.90 Å². The molecule has 122 valence electrons. The SMILES string of the molecule is Cn1c(=S)[nH]c2cc(C(=O)N3CCCCCCC3)ccc2c1=O. The maximum absolute atomic E-state index is 12.7. The Morgan fingerprint density at radius 2 is 1.78 bits per heavy atom. The first-order valence-electron chi connectivity index (χ1n) is 8.10. The van der Waals surface area contributed by atoms with E-state index in [9.17, 15) is 9.59 Å². The van der Waals surface area contributed by atoms with Crippen molar-refractivity contribution in [1.82, 2.24) is 14.5 Å². The highest BCUT2D eigenvalue weighted by Crippen LogP contribution is 2.16. The highest BCUT2D eigenvalue weighted by molar-refractivity contribution is 7.71. The lowest BCUT2D eigenvalue weighted by Crippen LogP contribution is -2.33. The van der Waals surface area contributed by atoms with Crippen LogP contribution in [-0.2, 0) is 7.05 Å². The fourth-order valence-electron chi connectivity index (χ4n) is 3.07. The zero-order valence-electron chi connectivity index (χ0n) is 13.3. The predicted octanol–water partition coefficient (Wildman–Crippen LogP) is 3.00. The molecule has 1 amide bonds. The average molecular weight is 331 g/mol. The van der Waals surface area contributed by atoms with Crippen LogP contribution in [-0.4, -0.2) is 33.4 Å². The van der Waals surface area contributed by atoms with E-state index < -0.39 is 0 Å². The molecule has 0 radical (unpaired) electrons. The first kappa shape index (κ1) is 15.9. The zero-order valence-corrected chi connectivity index (χ0v) is 14.1. The first-order valence-corrected chi connectivity index (χ1v) is 8.51. The minimum atomic E-state index is -0.144. The number of H-pyrrole nitrogens is 1. The Morgan fingerprint density at radius 1 is 1.13 bits per heavy atom. The number of likely N-dealkylation sites (tertiary alicyclic amines) is 1. The standard InChI is InChI=1S/C17H21N3O2S/c1-19-16(22)13-8-7-12(11-14(13)18-17(19)23)15(21)20-9-5-3-2-4-6-10-20/h7-8,11H,2-6,9-10H2,1H3,(H,18,23). The molecule has 1 aliphatic heterocycles. The Morgan fingerprint density at radius 3 is 2.48 bits per heavy atom. The Kier molecular flexibility index (Phi) is 4.61. The van der Waals surface area contributed by atoms with Gasteiger partial charge in [-0.25, -0.2) is 0 Å². The fraction of sp³-hybridized carbons (Fsp3) is 0.471. The van der Waals surface area contributed by atoms with E-state index in [0.29, 0.717) is 21.2 Å². The largest absolute Gasteiger partial charge is 0.339 e. The molecule has 1 aromatic carbocycles. The number of carbonyl (C=O) groups excluding carboxylic acids is 1. The summed E-state index contributed by atoms with van der Waals surface area (Å²) in [7, 11) is 1.64. The van der Waals surface area contributed by atoms with E-state index in [2.05, 4.69) is 4.98 Å². The molecule has 3 rings (SSSR count). The fourth-order valence-corrected chi connectivity index (χ4v) is 3.27. The molecule has 2 heterocycles. The summed E-state index contributed by atoms with van der Waals surface area (Å²) < 4.78 is 1.76. The van der Waals surface area contributed by atoms with Crippen LogP contribution in [0.25, 0.3) is 10.9 Å². The number of nitrogens with zero attached hydrogens (tertiary/aromatic N) is 2. The van der Waals surface area contributed by atoms with Crippen LogP contribution in [0.3, 0.4) is 0 Å². The van der Waals surface area contributed by atoms with Gasteiger partial charge in [0.2, 0.25) is 0 Å². The third kappa shape index (κ3) is 3.22. The summed E-state index contributed by atoms with van der Waals surface area (Å²) in [5, 5.41) is 0.547. The molecule has 6 heteroatoms. The number of hydrogen-bond donors (Lipinski definition) is 1. The summed E-state index contributed by atoms with van der Waals surface area (Å²) in [6.07, 6.45) is 5.75. The molecule has 1 fully saturated rings. The van der Waals surface area contributed by atoms with Crippen molar-refractivity contribution in [2.45, 2.75) is 32.1 Å². The monoisotopic (exact) mass is 331 g/mol. The number of aromatic amines is 1. The topological polar surface area (TPSA) is 58.1 Å². The van der Waals surface area contributed by atoms with Gasteiger partial charge in [0.15, 0.2) is 4.77 Å². The molecule has 2 aromatic rings. The molecule has 0 bridgehead atoms. The Bertz CT molecular complexity index is 845.